The number of aliphatic hydroxyl groups is 4. The normalized spacial score (nSPS) is 26.6. The number of benzene rings is 6. The summed E-state index contributed by atoms with van der Waals surface area (Å²) in [6, 6.07) is 41.1. The average Bonchev–Trinajstić information content (AvgIpc) is 1.18. The average molecular weight is 1530 g/mol. The molecule has 14 rings (SSSR count). The van der Waals surface area contributed by atoms with Crippen molar-refractivity contribution >= 4 is 35.1 Å². The van der Waals surface area contributed by atoms with Gasteiger partial charge in [0.25, 0.3) is 5.91 Å². The van der Waals surface area contributed by atoms with E-state index in [0.717, 1.165) is 53.7 Å². The first-order valence-electron chi connectivity index (χ1n) is 39.5. The number of nitrogens with two attached hydrogens (primary N) is 1. The lowest BCUT2D eigenvalue weighted by Crippen LogP contribution is -2.62. The Morgan fingerprint density at radius 3 is 1.36 bits per heavy atom. The van der Waals surface area contributed by atoms with Gasteiger partial charge in [-0.2, -0.15) is 10.1 Å². The van der Waals surface area contributed by atoms with Gasteiger partial charge < -0.3 is 77.1 Å². The molecule has 2 saturated heterocycles. The molecule has 12 N–H and O–H groups in total. The highest BCUT2D eigenvalue weighted by Crippen LogP contribution is 2.62. The molecule has 0 unspecified atom stereocenters. The molecule has 23 nitrogen and oxygen atoms in total. The van der Waals surface area contributed by atoms with Gasteiger partial charge in [0, 0.05) is 102 Å². The van der Waals surface area contributed by atoms with Crippen molar-refractivity contribution in [2.24, 2.45) is 63.9 Å². The van der Waals surface area contributed by atoms with Crippen molar-refractivity contribution in [1.82, 2.24) is 35.9 Å². The number of ether oxygens (including phenoxy) is 2. The van der Waals surface area contributed by atoms with Gasteiger partial charge in [-0.3, -0.25) is 24.1 Å². The maximum atomic E-state index is 14.3. The van der Waals surface area contributed by atoms with Crippen molar-refractivity contribution in [3.05, 3.63) is 167 Å². The Labute approximate surface area is 657 Å². The largest absolute Gasteiger partial charge is 0.496 e. The predicted molar refractivity (Wildman–Crippen MR) is 435 cm³/mol. The second kappa shape index (κ2) is 37.3. The van der Waals surface area contributed by atoms with Gasteiger partial charge in [0.05, 0.1) is 58.3 Å². The Bertz CT molecular complexity index is 4110. The third-order valence-electron chi connectivity index (χ3n) is 25.1. The topological polar surface area (TPSA) is 305 Å². The van der Waals surface area contributed by atoms with E-state index >= 15 is 0 Å². The van der Waals surface area contributed by atoms with Gasteiger partial charge in [-0.15, -0.1) is 0 Å². The summed E-state index contributed by atoms with van der Waals surface area (Å²) in [6.45, 7) is 18.3. The Morgan fingerprint density at radius 1 is 0.577 bits per heavy atom. The summed E-state index contributed by atoms with van der Waals surface area (Å²) >= 11 is 0. The molecule has 18 atom stereocenters. The molecule has 3 amide bonds. The number of hydrogen-bond donors (Lipinski definition) is 11. The summed E-state index contributed by atoms with van der Waals surface area (Å²) in [5.41, 5.74) is 15.4. The summed E-state index contributed by atoms with van der Waals surface area (Å²) in [6.07, 6.45) is 2.59. The highest BCUT2D eigenvalue weighted by Gasteiger charge is 2.59. The van der Waals surface area contributed by atoms with E-state index < -0.39 is 54.3 Å². The number of nitrogens with zero attached hydrogens (tertiary/aromatic N) is 4. The van der Waals surface area contributed by atoms with E-state index in [1.54, 1.807) is 57.4 Å². The van der Waals surface area contributed by atoms with E-state index in [-0.39, 0.29) is 84.6 Å². The highest BCUT2D eigenvalue weighted by atomic mass is 16.7. The quantitative estimate of drug-likeness (QED) is 0.0208. The van der Waals surface area contributed by atoms with Crippen molar-refractivity contribution in [1.29, 1.82) is 0 Å². The lowest BCUT2D eigenvalue weighted by Gasteiger charge is -2.62. The van der Waals surface area contributed by atoms with E-state index in [0.29, 0.717) is 87.9 Å². The third kappa shape index (κ3) is 19.6. The maximum absolute atomic E-state index is 14.3. The zero-order valence-electron chi connectivity index (χ0n) is 67.9. The molecular formula is C88H124N10O13. The van der Waals surface area contributed by atoms with Crippen LogP contribution in [0, 0.1) is 58.2 Å². The molecule has 0 radical (unpaired) electrons. The predicted octanol–water partition coefficient (Wildman–Crippen LogP) is 9.85. The smallest absolute Gasteiger partial charge is 0.335 e. The van der Waals surface area contributed by atoms with Gasteiger partial charge in [0.2, 0.25) is 11.8 Å². The van der Waals surface area contributed by atoms with Gasteiger partial charge in [-0.25, -0.2) is 4.79 Å². The number of para-hydroxylation sites is 2. The molecule has 604 valence electrons. The minimum absolute atomic E-state index is 0.0363. The van der Waals surface area contributed by atoms with Crippen molar-refractivity contribution in [3.63, 3.8) is 0 Å². The molecule has 8 fully saturated rings. The van der Waals surface area contributed by atoms with Crippen LogP contribution in [0.2, 0.25) is 0 Å². The van der Waals surface area contributed by atoms with Crippen molar-refractivity contribution in [2.45, 2.75) is 168 Å². The second-order valence-corrected chi connectivity index (χ2v) is 33.7. The number of likely N-dealkylation sites (N-methyl/N-ethyl adjacent to an activating group) is 2. The van der Waals surface area contributed by atoms with Crippen LogP contribution in [-0.2, 0) is 45.2 Å². The lowest BCUT2D eigenvalue weighted by atomic mass is 9.45. The van der Waals surface area contributed by atoms with E-state index in [1.165, 1.54) is 18.4 Å². The van der Waals surface area contributed by atoms with Crippen molar-refractivity contribution in [3.8, 4) is 33.8 Å². The zero-order chi connectivity index (χ0) is 80.5. The molecule has 0 spiro atoms. The van der Waals surface area contributed by atoms with Gasteiger partial charge in [-0.05, 0) is 186 Å². The molecule has 111 heavy (non-hydrogen) atoms. The highest BCUT2D eigenvalue weighted by molar-refractivity contribution is 5.97. The minimum Gasteiger partial charge on any atom is -0.496 e. The number of aliphatic hydroxyl groups excluding tert-OH is 4. The number of fused-ring (bicyclic) bond motifs is 4. The minimum atomic E-state index is -1.04. The van der Waals surface area contributed by atoms with E-state index in [9.17, 15) is 44.7 Å². The SMILES string of the molecule is CN(C)C[C@@H](N)Cc1ccccc1.CNc1cc(C(=O)N[C@@H](Cc2ccccc2)CN(C)C)cc(-c2cccc(CN3O[C@@H](CO)[C@@H]([C@H](C)O)[C@H]3C(=O)N[C@H]3C[C@H]4C[C@@H]([C@@H]3C)C4(C)C)c2OC)c1.CNc1cc(C(=O)O)cc(-c2cccc(CN3O[C@@H](CO)[C@@H]([C@H](C)O)[C@H]3C(=O)N[C@H]3C[C@H]4C[C@@H]([C@@H]3C)C4(C)C)c2OC)c1. The molecule has 6 aliphatic carbocycles. The van der Waals surface area contributed by atoms with Crippen LogP contribution >= 0.6 is 0 Å². The number of hydroxylamine groups is 4. The molecular weight excluding hydrogens is 1410 g/mol. The first-order valence-corrected chi connectivity index (χ1v) is 39.5. The standard InChI is InChI=1S/C44H61N5O6.C33H45N3O7.C11H18N2/c1-26-36-21-32(44(36,3)4)22-37(26)47-43(53)40-39(27(2)51)38(25-50)55-49(40)23-29-15-12-16-35(41(29)54-8)30-18-31(20-33(19-30)45-5)42(52)46-34(24-48(6)7)17-28-13-10-9-11-14-28;1-17-25-13-22(33(25,3)4)14-26(17)35-31(39)29-28(18(2)38)27(16-37)43-36(29)15-19-8-7-9-24(30(19)42-6)20-10-21(32(40)41)12-23(11-20)34-5;1-13(2)9-11(12)8-10-6-4-3-5-7-10/h9-16,18-20,26-27,32,34,36-40,45,50-51H,17,21-25H2,1-8H3,(H,46,52)(H,47,53);7-12,17-18,22,25-29,34,37-38H,13-16H2,1-6H3,(H,35,39)(H,40,41);3-7,11H,8-9,12H2,1-2H3/t26-,27-,32+,34-,36-,37-,38-,39+,40-;17-,18-,22+,25-,26-,27-,28+,29-;11-/m000/s1. The van der Waals surface area contributed by atoms with Crippen molar-refractivity contribution < 1.29 is 63.9 Å². The van der Waals surface area contributed by atoms with E-state index in [1.807, 2.05) is 120 Å². The zero-order valence-corrected chi connectivity index (χ0v) is 67.9. The number of aromatic carboxylic acids is 1. The number of methoxy groups -OCH3 is 2. The maximum Gasteiger partial charge on any atom is 0.335 e. The van der Waals surface area contributed by atoms with Crippen LogP contribution < -0.4 is 41.8 Å². The Kier molecular flexibility index (Phi) is 28.7. The van der Waals surface area contributed by atoms with E-state index in [4.69, 9.17) is 24.9 Å². The summed E-state index contributed by atoms with van der Waals surface area (Å²) in [4.78, 5) is 70.6. The van der Waals surface area contributed by atoms with Gasteiger partial charge in [-0.1, -0.05) is 139 Å². The fourth-order valence-corrected chi connectivity index (χ4v) is 19.0. The fraction of sp³-hybridized carbons (Fsp3) is 0.545. The first kappa shape index (κ1) is 85.4. The molecule has 2 aliphatic heterocycles. The van der Waals surface area contributed by atoms with Crippen LogP contribution in [0.25, 0.3) is 22.3 Å². The Balaban J connectivity index is 0.000000207. The first-order chi connectivity index (χ1) is 52.8. The summed E-state index contributed by atoms with van der Waals surface area (Å²) in [7, 11) is 14.8. The van der Waals surface area contributed by atoms with Crippen LogP contribution in [-0.4, -0.2) is 213 Å². The van der Waals surface area contributed by atoms with Gasteiger partial charge in [0.15, 0.2) is 0 Å². The number of carbonyl (C=O) groups is 4. The van der Waals surface area contributed by atoms with Gasteiger partial charge in [0.1, 0.15) is 35.8 Å². The van der Waals surface area contributed by atoms with Crippen LogP contribution in [0.15, 0.2) is 133 Å². The second-order valence-electron chi connectivity index (χ2n) is 33.7. The molecule has 6 aromatic carbocycles. The number of anilines is 2. The van der Waals surface area contributed by atoms with Gasteiger partial charge >= 0.3 is 5.97 Å². The number of carboxylic acid groups (broad SMARTS) is 1. The Hall–Kier alpha value is -8.04. The summed E-state index contributed by atoms with van der Waals surface area (Å²) in [5.74, 6) is 1.07. The third-order valence-corrected chi connectivity index (χ3v) is 25.1. The number of carboxylic acids is 1. The van der Waals surface area contributed by atoms with Crippen LogP contribution in [0.3, 0.4) is 0 Å². The summed E-state index contributed by atoms with van der Waals surface area (Å²) < 4.78 is 11.9. The molecule has 6 saturated carbocycles. The number of nitrogens with one attached hydrogen (secondary N) is 5. The molecule has 0 aromatic heterocycles. The van der Waals surface area contributed by atoms with Crippen LogP contribution in [0.5, 0.6) is 11.5 Å². The molecule has 8 aliphatic rings. The monoisotopic (exact) mass is 1530 g/mol. The van der Waals surface area contributed by atoms with Crippen molar-refractivity contribution in [2.75, 3.05) is 93.4 Å². The molecule has 4 bridgehead atoms. The number of carbonyl (C=O) groups excluding carboxylic acids is 3. The van der Waals surface area contributed by atoms with Crippen LogP contribution in [0.1, 0.15) is 124 Å². The Morgan fingerprint density at radius 2 is 0.991 bits per heavy atom. The molecule has 2 heterocycles. The number of rotatable bonds is 29. The summed E-state index contributed by atoms with van der Waals surface area (Å²) in [5, 5.41) is 71.2. The fourth-order valence-electron chi connectivity index (χ4n) is 19.0. The lowest BCUT2D eigenvalue weighted by molar-refractivity contribution is -0.183. The number of hydrogen-bond acceptors (Lipinski definition) is 19. The van der Waals surface area contributed by atoms with Crippen LogP contribution in [0.4, 0.5) is 11.4 Å². The van der Waals surface area contributed by atoms with E-state index in [2.05, 4.69) is 114 Å². The molecule has 23 heteroatoms. The molecule has 6 aromatic rings. The number of amides is 3.